The van der Waals surface area contributed by atoms with Crippen LogP contribution < -0.4 is 10.2 Å². The maximum atomic E-state index is 12.4. The summed E-state index contributed by atoms with van der Waals surface area (Å²) in [5.41, 5.74) is -0.386. The van der Waals surface area contributed by atoms with Crippen molar-refractivity contribution in [1.82, 2.24) is 4.90 Å². The van der Waals surface area contributed by atoms with E-state index < -0.39 is 23.9 Å². The number of ether oxygens (including phenoxy) is 2. The average molecular weight is 417 g/mol. The molecule has 166 valence electrons. The van der Waals surface area contributed by atoms with Gasteiger partial charge in [0, 0.05) is 24.5 Å². The maximum absolute atomic E-state index is 12.4. The molecule has 1 atom stereocenters. The molecule has 6 nitrogen and oxygen atoms in total. The number of amides is 1. The van der Waals surface area contributed by atoms with Crippen LogP contribution in [0.25, 0.3) is 0 Å². The average Bonchev–Trinajstić information content (AvgIpc) is 2.86. The molecule has 2 aliphatic rings. The normalized spacial score (nSPS) is 23.4. The van der Waals surface area contributed by atoms with Gasteiger partial charge in [-0.1, -0.05) is 18.2 Å². The van der Waals surface area contributed by atoms with Crippen molar-refractivity contribution in [2.45, 2.75) is 78.1 Å². The summed E-state index contributed by atoms with van der Waals surface area (Å²) in [4.78, 5) is 14.2. The Balaban J connectivity index is 1.62. The highest BCUT2D eigenvalue weighted by Crippen LogP contribution is 2.37. The highest BCUT2D eigenvalue weighted by Gasteiger charge is 2.52. The molecule has 0 aromatic heterocycles. The summed E-state index contributed by atoms with van der Waals surface area (Å²) in [7, 11) is -0.462. The molecule has 2 fully saturated rings. The number of hydrogen-bond acceptors (Lipinski definition) is 5. The number of nitrogens with zero attached hydrogens (tertiary/aromatic N) is 1. The van der Waals surface area contributed by atoms with Crippen molar-refractivity contribution in [1.29, 1.82) is 0 Å². The van der Waals surface area contributed by atoms with Crippen molar-refractivity contribution in [3.05, 3.63) is 24.3 Å². The Morgan fingerprint density at radius 3 is 2.43 bits per heavy atom. The molecular formula is C23H36BNO5. The Bertz CT molecular complexity index is 742. The molecule has 0 bridgehead atoms. The van der Waals surface area contributed by atoms with Gasteiger partial charge in [0.25, 0.3) is 0 Å². The van der Waals surface area contributed by atoms with Crippen LogP contribution in [0.15, 0.2) is 24.3 Å². The van der Waals surface area contributed by atoms with Gasteiger partial charge in [-0.15, -0.1) is 0 Å². The highest BCUT2D eigenvalue weighted by atomic mass is 16.7. The summed E-state index contributed by atoms with van der Waals surface area (Å²) in [5, 5.41) is 0. The van der Waals surface area contributed by atoms with Gasteiger partial charge in [-0.3, -0.25) is 0 Å². The number of hydrogen-bond donors (Lipinski definition) is 0. The van der Waals surface area contributed by atoms with Gasteiger partial charge in [0.05, 0.1) is 17.8 Å². The van der Waals surface area contributed by atoms with Crippen LogP contribution in [0.3, 0.4) is 0 Å². The molecule has 0 radical (unpaired) electrons. The fourth-order valence-corrected chi connectivity index (χ4v) is 3.68. The first-order chi connectivity index (χ1) is 13.9. The SMILES string of the molecule is CC(C)(C)OC(=O)N1CCCC(COc2ccccc2B2OC(C)(C)C(C)(C)O2)C1. The molecule has 2 saturated heterocycles. The molecule has 30 heavy (non-hydrogen) atoms. The molecule has 0 spiro atoms. The van der Waals surface area contributed by atoms with Crippen molar-refractivity contribution in [3.63, 3.8) is 0 Å². The van der Waals surface area contributed by atoms with E-state index in [-0.39, 0.29) is 12.0 Å². The molecule has 0 saturated carbocycles. The molecule has 1 amide bonds. The van der Waals surface area contributed by atoms with Crippen LogP contribution in [-0.2, 0) is 14.0 Å². The second-order valence-corrected chi connectivity index (χ2v) is 10.4. The van der Waals surface area contributed by atoms with Crippen molar-refractivity contribution >= 4 is 18.7 Å². The molecule has 1 aromatic carbocycles. The third-order valence-electron chi connectivity index (χ3n) is 6.07. The molecule has 1 unspecified atom stereocenters. The Labute approximate surface area is 181 Å². The number of carbonyl (C=O) groups excluding carboxylic acids is 1. The van der Waals surface area contributed by atoms with Crippen molar-refractivity contribution in [2.75, 3.05) is 19.7 Å². The lowest BCUT2D eigenvalue weighted by Crippen LogP contribution is -2.44. The smallest absolute Gasteiger partial charge is 0.494 e. The van der Waals surface area contributed by atoms with E-state index in [0.717, 1.165) is 30.6 Å². The van der Waals surface area contributed by atoms with E-state index in [1.807, 2.05) is 72.7 Å². The monoisotopic (exact) mass is 417 g/mol. The number of rotatable bonds is 4. The van der Waals surface area contributed by atoms with Gasteiger partial charge in [-0.05, 0) is 67.4 Å². The van der Waals surface area contributed by atoms with Gasteiger partial charge in [0.2, 0.25) is 0 Å². The third kappa shape index (κ3) is 5.30. The minimum atomic E-state index is -0.484. The summed E-state index contributed by atoms with van der Waals surface area (Å²) in [5.74, 6) is 1.03. The fraction of sp³-hybridized carbons (Fsp3) is 0.696. The van der Waals surface area contributed by atoms with Gasteiger partial charge in [-0.25, -0.2) is 4.79 Å². The topological polar surface area (TPSA) is 57.2 Å². The zero-order valence-corrected chi connectivity index (χ0v) is 19.5. The molecule has 7 heteroatoms. The Kier molecular flexibility index (Phi) is 6.45. The Morgan fingerprint density at radius 2 is 1.80 bits per heavy atom. The van der Waals surface area contributed by atoms with Crippen molar-refractivity contribution in [2.24, 2.45) is 5.92 Å². The minimum absolute atomic E-state index is 0.246. The third-order valence-corrected chi connectivity index (χ3v) is 6.07. The van der Waals surface area contributed by atoms with E-state index in [4.69, 9.17) is 18.8 Å². The summed E-state index contributed by atoms with van der Waals surface area (Å²) in [6, 6.07) is 7.87. The van der Waals surface area contributed by atoms with Crippen LogP contribution in [-0.4, -0.2) is 54.6 Å². The van der Waals surface area contributed by atoms with Crippen molar-refractivity contribution < 1.29 is 23.6 Å². The largest absolute Gasteiger partial charge is 0.498 e. The van der Waals surface area contributed by atoms with Crippen LogP contribution in [0.5, 0.6) is 5.75 Å². The van der Waals surface area contributed by atoms with Crippen molar-refractivity contribution in [3.8, 4) is 5.75 Å². The van der Waals surface area contributed by atoms with Crippen LogP contribution in [0, 0.1) is 5.92 Å². The van der Waals surface area contributed by atoms with Gasteiger partial charge < -0.3 is 23.7 Å². The summed E-state index contributed by atoms with van der Waals surface area (Å²) in [6.07, 6.45) is 1.73. The molecule has 3 rings (SSSR count). The van der Waals surface area contributed by atoms with E-state index in [1.54, 1.807) is 4.90 Å². The zero-order valence-electron chi connectivity index (χ0n) is 19.5. The molecule has 0 aliphatic carbocycles. The Morgan fingerprint density at radius 1 is 1.17 bits per heavy atom. The second-order valence-electron chi connectivity index (χ2n) is 10.4. The highest BCUT2D eigenvalue weighted by molar-refractivity contribution is 6.63. The molecule has 0 N–H and O–H groups in total. The first-order valence-electron chi connectivity index (χ1n) is 10.9. The van der Waals surface area contributed by atoms with Crippen LogP contribution in [0.1, 0.15) is 61.3 Å². The summed E-state index contributed by atoms with van der Waals surface area (Å²) in [6.45, 7) is 15.8. The lowest BCUT2D eigenvalue weighted by molar-refractivity contribution is 0.00578. The van der Waals surface area contributed by atoms with Crippen LogP contribution in [0.2, 0.25) is 0 Å². The summed E-state index contributed by atoms with van der Waals surface area (Å²) < 4.78 is 24.2. The van der Waals surface area contributed by atoms with Gasteiger partial charge in [-0.2, -0.15) is 0 Å². The number of para-hydroxylation sites is 1. The first-order valence-corrected chi connectivity index (χ1v) is 10.9. The first kappa shape index (κ1) is 22.9. The van der Waals surface area contributed by atoms with Gasteiger partial charge in [0.15, 0.2) is 0 Å². The van der Waals surface area contributed by atoms with E-state index in [1.165, 1.54) is 0 Å². The van der Waals surface area contributed by atoms with E-state index >= 15 is 0 Å². The standard InChI is InChI=1S/C23H36BNO5/c1-21(2,3)28-20(26)25-14-10-11-17(15-25)16-27-19-13-9-8-12-18(19)24-29-22(4,5)23(6,7)30-24/h8-9,12-13,17H,10-11,14-16H2,1-7H3. The van der Waals surface area contributed by atoms with Gasteiger partial charge >= 0.3 is 13.2 Å². The number of piperidine rings is 1. The minimum Gasteiger partial charge on any atom is -0.494 e. The van der Waals surface area contributed by atoms with E-state index in [2.05, 4.69) is 0 Å². The number of benzene rings is 1. The second kappa shape index (κ2) is 8.43. The lowest BCUT2D eigenvalue weighted by Gasteiger charge is -2.34. The molecule has 2 aliphatic heterocycles. The Hall–Kier alpha value is -1.73. The molecule has 2 heterocycles. The maximum Gasteiger partial charge on any atom is 0.498 e. The van der Waals surface area contributed by atoms with Gasteiger partial charge in [0.1, 0.15) is 11.4 Å². The predicted molar refractivity (Wildman–Crippen MR) is 118 cm³/mol. The fourth-order valence-electron chi connectivity index (χ4n) is 3.68. The van der Waals surface area contributed by atoms with E-state index in [0.29, 0.717) is 13.2 Å². The molecular weight excluding hydrogens is 381 g/mol. The van der Waals surface area contributed by atoms with Crippen LogP contribution >= 0.6 is 0 Å². The van der Waals surface area contributed by atoms with E-state index in [9.17, 15) is 4.79 Å². The summed E-state index contributed by atoms with van der Waals surface area (Å²) >= 11 is 0. The predicted octanol–water partition coefficient (Wildman–Crippen LogP) is 4.01. The quantitative estimate of drug-likeness (QED) is 0.693. The lowest BCUT2D eigenvalue weighted by atomic mass is 9.78. The number of carbonyl (C=O) groups is 1. The number of likely N-dealkylation sites (tertiary alicyclic amines) is 1. The molecule has 1 aromatic rings. The zero-order chi connectivity index (χ0) is 22.2. The van der Waals surface area contributed by atoms with Crippen LogP contribution in [0.4, 0.5) is 4.79 Å².